The summed E-state index contributed by atoms with van der Waals surface area (Å²) < 4.78 is 16.5. The molecular formula is C26H24FN3OS2. The number of carbonyl (C=O) groups excluding carboxylic acids is 1. The Morgan fingerprint density at radius 3 is 2.82 bits per heavy atom. The van der Waals surface area contributed by atoms with E-state index < -0.39 is 0 Å². The predicted octanol–water partition coefficient (Wildman–Crippen LogP) is 7.06. The first-order valence-corrected chi connectivity index (χ1v) is 13.0. The van der Waals surface area contributed by atoms with Crippen molar-refractivity contribution in [2.45, 2.75) is 45.2 Å². The van der Waals surface area contributed by atoms with Crippen molar-refractivity contribution >= 4 is 34.4 Å². The molecule has 2 amide bonds. The van der Waals surface area contributed by atoms with E-state index in [1.165, 1.54) is 39.9 Å². The van der Waals surface area contributed by atoms with Gasteiger partial charge < -0.3 is 14.8 Å². The molecule has 4 heterocycles. The van der Waals surface area contributed by atoms with E-state index in [1.54, 1.807) is 30.4 Å². The summed E-state index contributed by atoms with van der Waals surface area (Å²) >= 11 is 3.53. The zero-order valence-corrected chi connectivity index (χ0v) is 19.9. The number of nitrogens with one attached hydrogen (secondary N) is 1. The fourth-order valence-corrected chi connectivity index (χ4v) is 7.25. The second kappa shape index (κ2) is 8.15. The maximum atomic E-state index is 14.2. The Morgan fingerprint density at radius 1 is 1.12 bits per heavy atom. The first-order chi connectivity index (χ1) is 16.1. The third-order valence-corrected chi connectivity index (χ3v) is 8.93. The molecule has 4 nitrogen and oxygen atoms in total. The largest absolute Gasteiger partial charge is 0.323 e. The number of halogens is 1. The van der Waals surface area contributed by atoms with Crippen LogP contribution in [-0.2, 0) is 19.4 Å². The van der Waals surface area contributed by atoms with Gasteiger partial charge in [-0.1, -0.05) is 12.1 Å². The van der Waals surface area contributed by atoms with E-state index >= 15 is 0 Å². The van der Waals surface area contributed by atoms with Crippen LogP contribution in [0.2, 0.25) is 0 Å². The lowest BCUT2D eigenvalue weighted by atomic mass is 9.95. The summed E-state index contributed by atoms with van der Waals surface area (Å²) in [4.78, 5) is 18.2. The van der Waals surface area contributed by atoms with Crippen LogP contribution >= 0.6 is 22.7 Å². The van der Waals surface area contributed by atoms with Gasteiger partial charge in [0, 0.05) is 27.2 Å². The first-order valence-electron chi connectivity index (χ1n) is 11.3. The van der Waals surface area contributed by atoms with Gasteiger partial charge in [-0.2, -0.15) is 0 Å². The van der Waals surface area contributed by atoms with Gasteiger partial charge in [0.25, 0.3) is 0 Å². The summed E-state index contributed by atoms with van der Waals surface area (Å²) in [5.41, 5.74) is 4.80. The molecule has 0 saturated carbocycles. The van der Waals surface area contributed by atoms with E-state index in [9.17, 15) is 9.18 Å². The molecule has 0 saturated heterocycles. The van der Waals surface area contributed by atoms with E-state index in [4.69, 9.17) is 0 Å². The van der Waals surface area contributed by atoms with E-state index in [0.29, 0.717) is 17.8 Å². The Morgan fingerprint density at radius 2 is 2.00 bits per heavy atom. The quantitative estimate of drug-likeness (QED) is 0.330. The molecule has 0 unspecified atom stereocenters. The molecule has 1 N–H and O–H groups in total. The van der Waals surface area contributed by atoms with E-state index in [2.05, 4.69) is 39.7 Å². The summed E-state index contributed by atoms with van der Waals surface area (Å²) in [6.45, 7) is 2.25. The third kappa shape index (κ3) is 3.50. The molecule has 0 bridgehead atoms. The zero-order valence-electron chi connectivity index (χ0n) is 18.3. The Bertz CT molecular complexity index is 1340. The highest BCUT2D eigenvalue weighted by Crippen LogP contribution is 2.44. The van der Waals surface area contributed by atoms with Crippen molar-refractivity contribution in [1.82, 2.24) is 9.47 Å². The molecule has 168 valence electrons. The topological polar surface area (TPSA) is 37.3 Å². The molecule has 1 atom stereocenters. The Hall–Kier alpha value is -2.90. The number of anilines is 1. The fourth-order valence-electron chi connectivity index (χ4n) is 5.00. The van der Waals surface area contributed by atoms with Gasteiger partial charge in [0.1, 0.15) is 16.9 Å². The molecule has 0 spiro atoms. The van der Waals surface area contributed by atoms with Gasteiger partial charge in [-0.25, -0.2) is 9.18 Å². The minimum absolute atomic E-state index is 0.214. The molecule has 4 aromatic rings. The number of rotatable bonds is 2. The highest BCUT2D eigenvalue weighted by Gasteiger charge is 2.36. The van der Waals surface area contributed by atoms with Gasteiger partial charge in [-0.3, -0.25) is 0 Å². The lowest BCUT2D eigenvalue weighted by molar-refractivity contribution is 0.195. The van der Waals surface area contributed by atoms with Crippen LogP contribution in [0, 0.1) is 12.7 Å². The van der Waals surface area contributed by atoms with Crippen molar-refractivity contribution in [3.8, 4) is 5.00 Å². The number of aromatic nitrogens is 1. The molecule has 7 heteroatoms. The van der Waals surface area contributed by atoms with Crippen molar-refractivity contribution in [3.63, 3.8) is 0 Å². The molecule has 0 fully saturated rings. The summed E-state index contributed by atoms with van der Waals surface area (Å²) in [6, 6.07) is 12.7. The molecular weight excluding hydrogens is 453 g/mol. The molecule has 1 aromatic carbocycles. The average Bonchev–Trinajstić information content (AvgIpc) is 3.56. The maximum Gasteiger partial charge on any atom is 0.323 e. The predicted molar refractivity (Wildman–Crippen MR) is 132 cm³/mol. The van der Waals surface area contributed by atoms with Crippen LogP contribution in [-0.4, -0.2) is 15.5 Å². The number of hydrogen-bond donors (Lipinski definition) is 1. The van der Waals surface area contributed by atoms with Crippen LogP contribution in [0.15, 0.2) is 54.0 Å². The van der Waals surface area contributed by atoms with Crippen LogP contribution in [0.1, 0.15) is 51.0 Å². The lowest BCUT2D eigenvalue weighted by Gasteiger charge is -2.30. The van der Waals surface area contributed by atoms with E-state index in [1.807, 2.05) is 22.3 Å². The number of thiophene rings is 2. The number of hydrogen-bond acceptors (Lipinski definition) is 3. The second-order valence-corrected chi connectivity index (χ2v) is 10.8. The molecule has 2 aliphatic rings. The SMILES string of the molecule is Cc1ccc(NC(=O)N2Cc3c(sc4c3CCCC4)-n3cccc3[C@H]2c2cccs2)cc1F. The lowest BCUT2D eigenvalue weighted by Crippen LogP contribution is -2.37. The second-order valence-electron chi connectivity index (χ2n) is 8.74. The summed E-state index contributed by atoms with van der Waals surface area (Å²) in [6.07, 6.45) is 6.73. The number of aryl methyl sites for hydroxylation is 2. The first kappa shape index (κ1) is 20.7. The van der Waals surface area contributed by atoms with Gasteiger partial charge >= 0.3 is 6.03 Å². The summed E-state index contributed by atoms with van der Waals surface area (Å²) in [7, 11) is 0. The smallest absolute Gasteiger partial charge is 0.310 e. The van der Waals surface area contributed by atoms with Crippen LogP contribution in [0.3, 0.4) is 0 Å². The van der Waals surface area contributed by atoms with Gasteiger partial charge in [0.15, 0.2) is 0 Å². The number of urea groups is 1. The number of benzene rings is 1. The average molecular weight is 478 g/mol. The van der Waals surface area contributed by atoms with Crippen LogP contribution in [0.4, 0.5) is 14.9 Å². The monoisotopic (exact) mass is 477 g/mol. The number of fused-ring (bicyclic) bond motifs is 5. The highest BCUT2D eigenvalue weighted by atomic mass is 32.1. The van der Waals surface area contributed by atoms with Crippen molar-refractivity contribution in [2.24, 2.45) is 0 Å². The van der Waals surface area contributed by atoms with Crippen LogP contribution in [0.25, 0.3) is 5.00 Å². The molecule has 1 aliphatic carbocycles. The van der Waals surface area contributed by atoms with Gasteiger partial charge in [-0.15, -0.1) is 22.7 Å². The standard InChI is InChI=1S/C26H24FN3OS2/c1-16-10-11-17(14-20(16)27)28-26(31)30-15-19-18-6-2-3-8-22(18)33-25(19)29-12-4-7-21(29)24(30)23-9-5-13-32-23/h4-5,7,9-14,24H,2-3,6,8,15H2,1H3,(H,28,31)/t24-/m0/s1. The molecule has 33 heavy (non-hydrogen) atoms. The minimum atomic E-state index is -0.318. The molecule has 1 aliphatic heterocycles. The molecule has 0 radical (unpaired) electrons. The van der Waals surface area contributed by atoms with Crippen molar-refractivity contribution in [1.29, 1.82) is 0 Å². The van der Waals surface area contributed by atoms with Crippen LogP contribution in [0.5, 0.6) is 0 Å². The highest BCUT2D eigenvalue weighted by molar-refractivity contribution is 7.15. The zero-order chi connectivity index (χ0) is 22.5. The number of carbonyl (C=O) groups is 1. The normalized spacial score (nSPS) is 17.2. The van der Waals surface area contributed by atoms with E-state index in [0.717, 1.165) is 23.4 Å². The molecule has 6 rings (SSSR count). The molecule has 3 aromatic heterocycles. The number of nitrogens with zero attached hydrogens (tertiary/aromatic N) is 2. The van der Waals surface area contributed by atoms with Crippen LogP contribution < -0.4 is 5.32 Å². The van der Waals surface area contributed by atoms with Gasteiger partial charge in [-0.05, 0) is 79.4 Å². The third-order valence-electron chi connectivity index (χ3n) is 6.68. The van der Waals surface area contributed by atoms with Gasteiger partial charge in [0.05, 0.1) is 12.2 Å². The summed E-state index contributed by atoms with van der Waals surface area (Å²) in [5, 5.41) is 6.26. The van der Waals surface area contributed by atoms with Crippen molar-refractivity contribution < 1.29 is 9.18 Å². The van der Waals surface area contributed by atoms with Gasteiger partial charge in [0.2, 0.25) is 0 Å². The number of amides is 2. The van der Waals surface area contributed by atoms with Crippen molar-refractivity contribution in [2.75, 3.05) is 5.32 Å². The minimum Gasteiger partial charge on any atom is -0.310 e. The van der Waals surface area contributed by atoms with Crippen molar-refractivity contribution in [3.05, 3.63) is 92.0 Å². The Labute approximate surface area is 200 Å². The summed E-state index contributed by atoms with van der Waals surface area (Å²) in [5.74, 6) is -0.318. The fraction of sp³-hybridized carbons (Fsp3) is 0.269. The maximum absolute atomic E-state index is 14.2. The Kier molecular flexibility index (Phi) is 5.11. The van der Waals surface area contributed by atoms with E-state index in [-0.39, 0.29) is 17.9 Å². The Balaban J connectivity index is 1.47.